The average Bonchev–Trinajstić information content (AvgIpc) is 2.29. The van der Waals surface area contributed by atoms with Crippen molar-refractivity contribution in [3.63, 3.8) is 0 Å². The topological polar surface area (TPSA) is 21.3 Å². The maximum atomic E-state index is 5.47. The molecule has 18 heavy (non-hydrogen) atoms. The van der Waals surface area contributed by atoms with E-state index in [9.17, 15) is 0 Å². The van der Waals surface area contributed by atoms with Crippen LogP contribution in [0.3, 0.4) is 0 Å². The Labute approximate surface area is 112 Å². The van der Waals surface area contributed by atoms with Crippen molar-refractivity contribution in [2.75, 3.05) is 19.7 Å². The minimum atomic E-state index is 0.152. The van der Waals surface area contributed by atoms with E-state index in [-0.39, 0.29) is 5.41 Å². The van der Waals surface area contributed by atoms with E-state index in [0.29, 0.717) is 5.92 Å². The van der Waals surface area contributed by atoms with Gasteiger partial charge in [0.25, 0.3) is 0 Å². The first-order chi connectivity index (χ1) is 8.45. The molecular formula is C16H27NO. The Kier molecular flexibility index (Phi) is 5.67. The van der Waals surface area contributed by atoms with Crippen LogP contribution in [0.15, 0.2) is 24.3 Å². The zero-order chi connectivity index (χ0) is 13.6. The van der Waals surface area contributed by atoms with Crippen LogP contribution in [0.4, 0.5) is 0 Å². The number of rotatable bonds is 7. The van der Waals surface area contributed by atoms with Crippen molar-refractivity contribution < 1.29 is 4.74 Å². The second kappa shape index (κ2) is 6.79. The summed E-state index contributed by atoms with van der Waals surface area (Å²) in [5, 5.41) is 3.53. The first kappa shape index (κ1) is 15.0. The molecule has 1 aromatic carbocycles. The van der Waals surface area contributed by atoms with E-state index in [4.69, 9.17) is 4.74 Å². The Morgan fingerprint density at radius 1 is 1.17 bits per heavy atom. The van der Waals surface area contributed by atoms with Crippen molar-refractivity contribution in [2.45, 2.75) is 40.0 Å². The van der Waals surface area contributed by atoms with Gasteiger partial charge in [-0.1, -0.05) is 39.8 Å². The largest absolute Gasteiger partial charge is 0.494 e. The van der Waals surface area contributed by atoms with E-state index in [1.807, 2.05) is 6.92 Å². The van der Waals surface area contributed by atoms with Crippen LogP contribution in [-0.4, -0.2) is 19.7 Å². The predicted molar refractivity (Wildman–Crippen MR) is 78.3 cm³/mol. The van der Waals surface area contributed by atoms with Gasteiger partial charge in [0.15, 0.2) is 0 Å². The lowest BCUT2D eigenvalue weighted by Gasteiger charge is -2.26. The van der Waals surface area contributed by atoms with Gasteiger partial charge in [-0.25, -0.2) is 0 Å². The minimum Gasteiger partial charge on any atom is -0.494 e. The molecule has 1 aromatic rings. The number of hydrogen-bond donors (Lipinski definition) is 1. The second-order valence-corrected chi connectivity index (χ2v) is 5.87. The van der Waals surface area contributed by atoms with Crippen LogP contribution < -0.4 is 10.1 Å². The summed E-state index contributed by atoms with van der Waals surface area (Å²) in [6.07, 6.45) is 0. The Balaban J connectivity index is 2.60. The summed E-state index contributed by atoms with van der Waals surface area (Å²) in [4.78, 5) is 0. The number of hydrogen-bond acceptors (Lipinski definition) is 2. The third kappa shape index (κ3) is 4.69. The lowest BCUT2D eigenvalue weighted by atomic mass is 9.84. The molecule has 0 aromatic heterocycles. The highest BCUT2D eigenvalue weighted by Crippen LogP contribution is 2.24. The molecule has 0 aliphatic carbocycles. The second-order valence-electron chi connectivity index (χ2n) is 5.87. The zero-order valence-corrected chi connectivity index (χ0v) is 12.4. The third-order valence-electron chi connectivity index (χ3n) is 3.07. The van der Waals surface area contributed by atoms with E-state index < -0.39 is 0 Å². The van der Waals surface area contributed by atoms with Crippen LogP contribution >= 0.6 is 0 Å². The molecule has 0 unspecified atom stereocenters. The molecule has 0 spiro atoms. The lowest BCUT2D eigenvalue weighted by molar-refractivity contribution is 0.340. The molecule has 0 heterocycles. The molecule has 1 N–H and O–H groups in total. The molecular weight excluding hydrogens is 222 g/mol. The first-order valence-corrected chi connectivity index (χ1v) is 6.89. The molecule has 0 saturated carbocycles. The van der Waals surface area contributed by atoms with Gasteiger partial charge in [-0.3, -0.25) is 0 Å². The number of nitrogens with one attached hydrogen (secondary N) is 1. The first-order valence-electron chi connectivity index (χ1n) is 6.89. The molecule has 0 aliphatic heterocycles. The third-order valence-corrected chi connectivity index (χ3v) is 3.07. The maximum absolute atomic E-state index is 5.47. The molecule has 2 nitrogen and oxygen atoms in total. The van der Waals surface area contributed by atoms with E-state index in [1.54, 1.807) is 0 Å². The molecule has 0 fully saturated rings. The summed E-state index contributed by atoms with van der Waals surface area (Å²) in [6.45, 7) is 13.8. The summed E-state index contributed by atoms with van der Waals surface area (Å²) >= 11 is 0. The van der Waals surface area contributed by atoms with Gasteiger partial charge in [0.05, 0.1) is 6.61 Å². The predicted octanol–water partition coefficient (Wildman–Crippen LogP) is 3.61. The molecule has 1 rings (SSSR count). The van der Waals surface area contributed by atoms with Gasteiger partial charge < -0.3 is 10.1 Å². The van der Waals surface area contributed by atoms with E-state index >= 15 is 0 Å². The Morgan fingerprint density at radius 3 is 2.28 bits per heavy atom. The van der Waals surface area contributed by atoms with Crippen LogP contribution in [0.5, 0.6) is 5.75 Å². The summed E-state index contributed by atoms with van der Waals surface area (Å²) in [7, 11) is 0. The average molecular weight is 249 g/mol. The van der Waals surface area contributed by atoms with Crippen LogP contribution in [0, 0.1) is 5.92 Å². The monoisotopic (exact) mass is 249 g/mol. The zero-order valence-electron chi connectivity index (χ0n) is 12.4. The SMILES string of the molecule is CCOc1ccc(C(C)(C)CNCC(C)C)cc1. The van der Waals surface area contributed by atoms with Gasteiger partial charge in [-0.05, 0) is 37.1 Å². The van der Waals surface area contributed by atoms with E-state index in [0.717, 1.165) is 25.4 Å². The van der Waals surface area contributed by atoms with Crippen molar-refractivity contribution in [3.8, 4) is 5.75 Å². The van der Waals surface area contributed by atoms with Crippen LogP contribution in [0.1, 0.15) is 40.2 Å². The fourth-order valence-corrected chi connectivity index (χ4v) is 1.94. The van der Waals surface area contributed by atoms with Crippen molar-refractivity contribution >= 4 is 0 Å². The molecule has 102 valence electrons. The standard InChI is InChI=1S/C16H27NO/c1-6-18-15-9-7-14(8-10-15)16(4,5)12-17-11-13(2)3/h7-10,13,17H,6,11-12H2,1-5H3. The summed E-state index contributed by atoms with van der Waals surface area (Å²) in [5.41, 5.74) is 1.50. The van der Waals surface area contributed by atoms with Crippen molar-refractivity contribution in [1.82, 2.24) is 5.32 Å². The molecule has 0 radical (unpaired) electrons. The quantitative estimate of drug-likeness (QED) is 0.797. The minimum absolute atomic E-state index is 0.152. The fourth-order valence-electron chi connectivity index (χ4n) is 1.94. The highest BCUT2D eigenvalue weighted by atomic mass is 16.5. The van der Waals surface area contributed by atoms with E-state index in [1.165, 1.54) is 5.56 Å². The lowest BCUT2D eigenvalue weighted by Crippen LogP contribution is -2.34. The molecule has 2 heteroatoms. The summed E-state index contributed by atoms with van der Waals surface area (Å²) in [6, 6.07) is 8.45. The molecule has 0 saturated heterocycles. The smallest absolute Gasteiger partial charge is 0.119 e. The Hall–Kier alpha value is -1.02. The summed E-state index contributed by atoms with van der Waals surface area (Å²) in [5.74, 6) is 1.65. The Bertz CT molecular complexity index is 341. The van der Waals surface area contributed by atoms with Gasteiger partial charge in [-0.15, -0.1) is 0 Å². The summed E-state index contributed by atoms with van der Waals surface area (Å²) < 4.78 is 5.47. The van der Waals surface area contributed by atoms with Gasteiger partial charge in [0.1, 0.15) is 5.75 Å². The molecule has 0 bridgehead atoms. The highest BCUT2D eigenvalue weighted by Gasteiger charge is 2.20. The van der Waals surface area contributed by atoms with Crippen LogP contribution in [0.25, 0.3) is 0 Å². The molecule has 0 atom stereocenters. The van der Waals surface area contributed by atoms with Gasteiger partial charge in [0.2, 0.25) is 0 Å². The van der Waals surface area contributed by atoms with Crippen LogP contribution in [0.2, 0.25) is 0 Å². The molecule has 0 amide bonds. The van der Waals surface area contributed by atoms with Crippen molar-refractivity contribution in [1.29, 1.82) is 0 Å². The van der Waals surface area contributed by atoms with Crippen molar-refractivity contribution in [3.05, 3.63) is 29.8 Å². The van der Waals surface area contributed by atoms with Crippen molar-refractivity contribution in [2.24, 2.45) is 5.92 Å². The fraction of sp³-hybridized carbons (Fsp3) is 0.625. The van der Waals surface area contributed by atoms with Crippen LogP contribution in [-0.2, 0) is 5.41 Å². The Morgan fingerprint density at radius 2 is 1.78 bits per heavy atom. The normalized spacial score (nSPS) is 11.9. The number of benzene rings is 1. The van der Waals surface area contributed by atoms with Gasteiger partial charge >= 0.3 is 0 Å². The van der Waals surface area contributed by atoms with E-state index in [2.05, 4.69) is 57.3 Å². The van der Waals surface area contributed by atoms with Gasteiger partial charge in [0, 0.05) is 12.0 Å². The highest BCUT2D eigenvalue weighted by molar-refractivity contribution is 5.31. The number of ether oxygens (including phenoxy) is 1. The molecule has 0 aliphatic rings. The van der Waals surface area contributed by atoms with Gasteiger partial charge in [-0.2, -0.15) is 0 Å². The maximum Gasteiger partial charge on any atom is 0.119 e.